The van der Waals surface area contributed by atoms with Crippen LogP contribution in [0.4, 0.5) is 25.5 Å². The molecular formula is C16H18FN5O3. The number of hydrogen-bond donors (Lipinski definition) is 3. The van der Waals surface area contributed by atoms with Gasteiger partial charge in [0.25, 0.3) is 0 Å². The van der Waals surface area contributed by atoms with Crippen molar-refractivity contribution >= 4 is 23.6 Å². The van der Waals surface area contributed by atoms with Gasteiger partial charge in [-0.2, -0.15) is 0 Å². The second kappa shape index (κ2) is 7.20. The number of urea groups is 2. The molecule has 1 fully saturated rings. The van der Waals surface area contributed by atoms with Gasteiger partial charge in [-0.05, 0) is 37.6 Å². The number of aromatic nitrogens is 1. The lowest BCUT2D eigenvalue weighted by Gasteiger charge is -2.17. The molecule has 0 aliphatic carbocycles. The second-order valence-electron chi connectivity index (χ2n) is 5.79. The van der Waals surface area contributed by atoms with Crippen molar-refractivity contribution in [2.24, 2.45) is 0 Å². The first kappa shape index (κ1) is 16.7. The molecule has 9 heteroatoms. The van der Waals surface area contributed by atoms with Crippen molar-refractivity contribution in [2.75, 3.05) is 23.7 Å². The first-order chi connectivity index (χ1) is 12.0. The molecule has 0 bridgehead atoms. The molecule has 1 aromatic carbocycles. The van der Waals surface area contributed by atoms with E-state index in [9.17, 15) is 14.0 Å². The van der Waals surface area contributed by atoms with Crippen molar-refractivity contribution in [2.45, 2.75) is 19.4 Å². The number of likely N-dealkylation sites (tertiary alicyclic amines) is 1. The van der Waals surface area contributed by atoms with E-state index in [0.29, 0.717) is 36.8 Å². The molecule has 0 radical (unpaired) electrons. The average molecular weight is 347 g/mol. The molecule has 25 heavy (non-hydrogen) atoms. The molecule has 4 amide bonds. The molecule has 1 saturated heterocycles. The van der Waals surface area contributed by atoms with Gasteiger partial charge in [0, 0.05) is 30.9 Å². The molecular weight excluding hydrogens is 329 g/mol. The van der Waals surface area contributed by atoms with E-state index < -0.39 is 6.03 Å². The largest absolute Gasteiger partial charge is 0.360 e. The Bertz CT molecular complexity index is 761. The zero-order valence-electron chi connectivity index (χ0n) is 13.6. The van der Waals surface area contributed by atoms with E-state index in [1.807, 2.05) is 0 Å². The highest BCUT2D eigenvalue weighted by Gasteiger charge is 2.27. The Morgan fingerprint density at radius 3 is 2.72 bits per heavy atom. The number of carbonyl (C=O) groups is 2. The number of anilines is 2. The monoisotopic (exact) mass is 347 g/mol. The number of benzene rings is 1. The quantitative estimate of drug-likeness (QED) is 0.794. The van der Waals surface area contributed by atoms with Crippen LogP contribution in [0.25, 0.3) is 0 Å². The van der Waals surface area contributed by atoms with Gasteiger partial charge < -0.3 is 20.1 Å². The molecule has 3 rings (SSSR count). The molecule has 0 unspecified atom stereocenters. The van der Waals surface area contributed by atoms with Crippen molar-refractivity contribution in [3.05, 3.63) is 41.9 Å². The highest BCUT2D eigenvalue weighted by molar-refractivity contribution is 5.90. The molecule has 2 heterocycles. The third kappa shape index (κ3) is 4.46. The SMILES string of the molecule is Cc1cc(NC(=O)N2CC[C@@H](NC(=O)Nc3ccc(F)cc3)C2)no1. The van der Waals surface area contributed by atoms with Gasteiger partial charge >= 0.3 is 12.1 Å². The van der Waals surface area contributed by atoms with E-state index in [0.717, 1.165) is 0 Å². The lowest BCUT2D eigenvalue weighted by molar-refractivity contribution is 0.220. The van der Waals surface area contributed by atoms with Gasteiger partial charge in [0.15, 0.2) is 5.82 Å². The summed E-state index contributed by atoms with van der Waals surface area (Å²) in [6, 6.07) is 6.26. The van der Waals surface area contributed by atoms with Crippen LogP contribution in [-0.4, -0.2) is 41.3 Å². The van der Waals surface area contributed by atoms with Gasteiger partial charge in [-0.25, -0.2) is 14.0 Å². The topological polar surface area (TPSA) is 99.5 Å². The second-order valence-corrected chi connectivity index (χ2v) is 5.79. The van der Waals surface area contributed by atoms with Gasteiger partial charge in [0.1, 0.15) is 11.6 Å². The first-order valence-electron chi connectivity index (χ1n) is 7.82. The van der Waals surface area contributed by atoms with E-state index in [-0.39, 0.29) is 17.9 Å². The number of nitrogens with one attached hydrogen (secondary N) is 3. The zero-order chi connectivity index (χ0) is 17.8. The molecule has 1 aliphatic heterocycles. The normalized spacial score (nSPS) is 16.6. The minimum absolute atomic E-state index is 0.162. The zero-order valence-corrected chi connectivity index (χ0v) is 13.6. The fourth-order valence-corrected chi connectivity index (χ4v) is 2.56. The van der Waals surface area contributed by atoms with Gasteiger partial charge in [-0.15, -0.1) is 0 Å². The van der Waals surface area contributed by atoms with Gasteiger partial charge in [0.2, 0.25) is 0 Å². The third-order valence-electron chi connectivity index (χ3n) is 3.78. The van der Waals surface area contributed by atoms with Crippen LogP contribution in [0.5, 0.6) is 0 Å². The number of aryl methyl sites for hydroxylation is 1. The van der Waals surface area contributed by atoms with Crippen molar-refractivity contribution in [1.29, 1.82) is 0 Å². The maximum atomic E-state index is 12.8. The van der Waals surface area contributed by atoms with Crippen LogP contribution in [0.15, 0.2) is 34.9 Å². The Balaban J connectivity index is 1.46. The molecule has 132 valence electrons. The summed E-state index contributed by atoms with van der Waals surface area (Å²) >= 11 is 0. The van der Waals surface area contributed by atoms with Crippen molar-refractivity contribution in [3.63, 3.8) is 0 Å². The number of halogens is 1. The van der Waals surface area contributed by atoms with Crippen LogP contribution in [0.3, 0.4) is 0 Å². The Hall–Kier alpha value is -3.10. The fourth-order valence-electron chi connectivity index (χ4n) is 2.56. The Labute approximate surface area is 143 Å². The molecule has 1 aliphatic rings. The number of carbonyl (C=O) groups excluding carboxylic acids is 2. The number of hydrogen-bond acceptors (Lipinski definition) is 4. The van der Waals surface area contributed by atoms with Crippen LogP contribution in [-0.2, 0) is 0 Å². The van der Waals surface area contributed by atoms with Crippen molar-refractivity contribution in [3.8, 4) is 0 Å². The number of amides is 4. The summed E-state index contributed by atoms with van der Waals surface area (Å²) in [6.45, 7) is 2.64. The van der Waals surface area contributed by atoms with Crippen LogP contribution in [0, 0.1) is 12.7 Å². The van der Waals surface area contributed by atoms with Crippen LogP contribution < -0.4 is 16.0 Å². The third-order valence-corrected chi connectivity index (χ3v) is 3.78. The van der Waals surface area contributed by atoms with E-state index in [4.69, 9.17) is 4.52 Å². The molecule has 2 aromatic rings. The maximum Gasteiger partial charge on any atom is 0.323 e. The molecule has 1 aromatic heterocycles. The number of rotatable bonds is 3. The minimum atomic E-state index is -0.397. The predicted octanol–water partition coefficient (Wildman–Crippen LogP) is 2.55. The van der Waals surface area contributed by atoms with E-state index in [1.54, 1.807) is 17.9 Å². The summed E-state index contributed by atoms with van der Waals surface area (Å²) < 4.78 is 17.7. The summed E-state index contributed by atoms with van der Waals surface area (Å²) in [5, 5.41) is 11.8. The summed E-state index contributed by atoms with van der Waals surface area (Å²) in [5.74, 6) is 0.590. The molecule has 1 atom stereocenters. The maximum absolute atomic E-state index is 12.8. The van der Waals surface area contributed by atoms with Crippen LogP contribution in [0.2, 0.25) is 0 Å². The van der Waals surface area contributed by atoms with Gasteiger partial charge in [0.05, 0.1) is 0 Å². The standard InChI is InChI=1S/C16H18FN5O3/c1-10-8-14(21-25-10)20-16(24)22-7-6-13(9-22)19-15(23)18-12-4-2-11(17)3-5-12/h2-5,8,13H,6-7,9H2,1H3,(H2,18,19,23)(H,20,21,24)/t13-/m1/s1. The van der Waals surface area contributed by atoms with Crippen molar-refractivity contribution in [1.82, 2.24) is 15.4 Å². The average Bonchev–Trinajstić information content (AvgIpc) is 3.19. The van der Waals surface area contributed by atoms with Crippen LogP contribution in [0.1, 0.15) is 12.2 Å². The predicted molar refractivity (Wildman–Crippen MR) is 88.8 cm³/mol. The van der Waals surface area contributed by atoms with Gasteiger partial charge in [-0.1, -0.05) is 5.16 Å². The van der Waals surface area contributed by atoms with Crippen molar-refractivity contribution < 1.29 is 18.5 Å². The summed E-state index contributed by atoms with van der Waals surface area (Å²) in [6.07, 6.45) is 0.641. The molecule has 0 spiro atoms. The Morgan fingerprint density at radius 1 is 1.28 bits per heavy atom. The smallest absolute Gasteiger partial charge is 0.323 e. The highest BCUT2D eigenvalue weighted by Crippen LogP contribution is 2.14. The van der Waals surface area contributed by atoms with E-state index in [2.05, 4.69) is 21.1 Å². The summed E-state index contributed by atoms with van der Waals surface area (Å²) in [4.78, 5) is 25.7. The first-order valence-corrected chi connectivity index (χ1v) is 7.82. The molecule has 8 nitrogen and oxygen atoms in total. The van der Waals surface area contributed by atoms with Crippen LogP contribution >= 0.6 is 0 Å². The van der Waals surface area contributed by atoms with E-state index in [1.165, 1.54) is 24.3 Å². The Morgan fingerprint density at radius 2 is 2.04 bits per heavy atom. The molecule has 3 N–H and O–H groups in total. The number of nitrogens with zero attached hydrogens (tertiary/aromatic N) is 2. The summed E-state index contributed by atoms with van der Waals surface area (Å²) in [7, 11) is 0. The van der Waals surface area contributed by atoms with E-state index >= 15 is 0 Å². The Kier molecular flexibility index (Phi) is 4.82. The fraction of sp³-hybridized carbons (Fsp3) is 0.312. The lowest BCUT2D eigenvalue weighted by atomic mass is 10.3. The summed E-state index contributed by atoms with van der Waals surface area (Å²) in [5.41, 5.74) is 0.493. The minimum Gasteiger partial charge on any atom is -0.360 e. The van der Waals surface area contributed by atoms with Gasteiger partial charge in [-0.3, -0.25) is 5.32 Å². The molecule has 0 saturated carbocycles. The lowest BCUT2D eigenvalue weighted by Crippen LogP contribution is -2.41. The highest BCUT2D eigenvalue weighted by atomic mass is 19.1.